The summed E-state index contributed by atoms with van der Waals surface area (Å²) in [5.74, 6) is -0.311. The van der Waals surface area contributed by atoms with Crippen LogP contribution < -0.4 is 9.62 Å². The molecule has 0 spiro atoms. The molecule has 1 N–H and O–H groups in total. The molecule has 0 aliphatic carbocycles. The van der Waals surface area contributed by atoms with E-state index in [9.17, 15) is 13.2 Å². The van der Waals surface area contributed by atoms with Crippen molar-refractivity contribution in [2.45, 2.75) is 51.5 Å². The fraction of sp³-hybridized carbons (Fsp3) is 0.381. The third-order valence-corrected chi connectivity index (χ3v) is 6.31. The van der Waals surface area contributed by atoms with Crippen LogP contribution in [-0.4, -0.2) is 26.9 Å². The Labute approximate surface area is 162 Å². The second-order valence-electron chi connectivity index (χ2n) is 6.85. The molecule has 0 fully saturated rings. The van der Waals surface area contributed by atoms with Gasteiger partial charge >= 0.3 is 0 Å². The Bertz CT molecular complexity index is 880. The molecule has 1 atom stereocenters. The Hall–Kier alpha value is -2.34. The first-order chi connectivity index (χ1) is 12.8. The van der Waals surface area contributed by atoms with Crippen molar-refractivity contribution in [2.24, 2.45) is 0 Å². The molecular weight excluding hydrogens is 360 g/mol. The fourth-order valence-corrected chi connectivity index (χ4v) is 4.31. The molecule has 0 saturated heterocycles. The lowest BCUT2D eigenvalue weighted by Gasteiger charge is -2.25. The number of rotatable bonds is 8. The van der Waals surface area contributed by atoms with Gasteiger partial charge in [0.25, 0.3) is 10.0 Å². The standard InChI is InChI=1S/C21H28N2O3S/c1-5-9-18(4)22-21(24)15-23(19-13-12-16(2)17(3)14-19)27(25,26)20-10-7-6-8-11-20/h6-8,10-14,18H,5,9,15H2,1-4H3,(H,22,24)/t18-/m0/s1. The predicted molar refractivity (Wildman–Crippen MR) is 109 cm³/mol. The van der Waals surface area contributed by atoms with Crippen LogP contribution in [0, 0.1) is 13.8 Å². The normalized spacial score (nSPS) is 12.4. The van der Waals surface area contributed by atoms with Crippen molar-refractivity contribution >= 4 is 21.6 Å². The number of hydrogen-bond acceptors (Lipinski definition) is 3. The Morgan fingerprint density at radius 3 is 2.33 bits per heavy atom. The average Bonchev–Trinajstić information content (AvgIpc) is 2.63. The van der Waals surface area contributed by atoms with Gasteiger partial charge in [0, 0.05) is 6.04 Å². The topological polar surface area (TPSA) is 66.5 Å². The van der Waals surface area contributed by atoms with Crippen LogP contribution in [0.5, 0.6) is 0 Å². The maximum Gasteiger partial charge on any atom is 0.264 e. The van der Waals surface area contributed by atoms with Crippen LogP contribution in [0.25, 0.3) is 0 Å². The van der Waals surface area contributed by atoms with E-state index in [1.807, 2.05) is 33.8 Å². The van der Waals surface area contributed by atoms with Gasteiger partial charge in [0.05, 0.1) is 10.6 Å². The summed E-state index contributed by atoms with van der Waals surface area (Å²) in [7, 11) is -3.85. The van der Waals surface area contributed by atoms with Crippen molar-refractivity contribution in [3.05, 3.63) is 59.7 Å². The van der Waals surface area contributed by atoms with Crippen molar-refractivity contribution in [1.82, 2.24) is 5.32 Å². The highest BCUT2D eigenvalue weighted by Crippen LogP contribution is 2.25. The van der Waals surface area contributed by atoms with Crippen LogP contribution in [0.1, 0.15) is 37.8 Å². The van der Waals surface area contributed by atoms with Gasteiger partial charge in [-0.3, -0.25) is 9.10 Å². The van der Waals surface area contributed by atoms with E-state index in [1.165, 1.54) is 4.31 Å². The van der Waals surface area contributed by atoms with E-state index in [-0.39, 0.29) is 23.4 Å². The van der Waals surface area contributed by atoms with E-state index in [1.54, 1.807) is 42.5 Å². The van der Waals surface area contributed by atoms with E-state index >= 15 is 0 Å². The summed E-state index contributed by atoms with van der Waals surface area (Å²) in [6.07, 6.45) is 1.80. The number of aryl methyl sites for hydroxylation is 2. The van der Waals surface area contributed by atoms with Crippen molar-refractivity contribution in [2.75, 3.05) is 10.8 Å². The first-order valence-corrected chi connectivity index (χ1v) is 10.6. The van der Waals surface area contributed by atoms with Crippen molar-refractivity contribution in [3.8, 4) is 0 Å². The van der Waals surface area contributed by atoms with E-state index in [0.29, 0.717) is 5.69 Å². The Morgan fingerprint density at radius 1 is 1.07 bits per heavy atom. The Balaban J connectivity index is 2.40. The van der Waals surface area contributed by atoms with Crippen LogP contribution >= 0.6 is 0 Å². The molecule has 0 aliphatic rings. The molecule has 0 heterocycles. The zero-order chi connectivity index (χ0) is 20.0. The van der Waals surface area contributed by atoms with Crippen LogP contribution in [0.4, 0.5) is 5.69 Å². The summed E-state index contributed by atoms with van der Waals surface area (Å²) >= 11 is 0. The summed E-state index contributed by atoms with van der Waals surface area (Å²) < 4.78 is 27.6. The minimum atomic E-state index is -3.85. The number of carbonyl (C=O) groups is 1. The smallest absolute Gasteiger partial charge is 0.264 e. The highest BCUT2D eigenvalue weighted by Gasteiger charge is 2.27. The molecular formula is C21H28N2O3S. The molecule has 0 bridgehead atoms. The molecule has 6 heteroatoms. The third-order valence-electron chi connectivity index (χ3n) is 4.53. The molecule has 146 valence electrons. The van der Waals surface area contributed by atoms with Gasteiger partial charge in [0.2, 0.25) is 5.91 Å². The first kappa shape index (κ1) is 21.0. The molecule has 0 unspecified atom stereocenters. The highest BCUT2D eigenvalue weighted by atomic mass is 32.2. The van der Waals surface area contributed by atoms with E-state index in [4.69, 9.17) is 0 Å². The molecule has 1 amide bonds. The zero-order valence-corrected chi connectivity index (χ0v) is 17.2. The molecule has 2 aromatic carbocycles. The lowest BCUT2D eigenvalue weighted by molar-refractivity contribution is -0.120. The summed E-state index contributed by atoms with van der Waals surface area (Å²) in [6.45, 7) is 7.61. The number of benzene rings is 2. The summed E-state index contributed by atoms with van der Waals surface area (Å²) in [6, 6.07) is 13.6. The first-order valence-electron chi connectivity index (χ1n) is 9.20. The van der Waals surface area contributed by atoms with Gasteiger partial charge in [-0.2, -0.15) is 0 Å². The number of nitrogens with one attached hydrogen (secondary N) is 1. The van der Waals surface area contributed by atoms with Gasteiger partial charge in [-0.25, -0.2) is 8.42 Å². The number of hydrogen-bond donors (Lipinski definition) is 1. The number of nitrogens with zero attached hydrogens (tertiary/aromatic N) is 1. The monoisotopic (exact) mass is 388 g/mol. The molecule has 2 rings (SSSR count). The predicted octanol–water partition coefficient (Wildman–Crippen LogP) is 3.80. The van der Waals surface area contributed by atoms with Gasteiger partial charge in [0.15, 0.2) is 0 Å². The van der Waals surface area contributed by atoms with E-state index < -0.39 is 10.0 Å². The maximum atomic E-state index is 13.2. The largest absolute Gasteiger partial charge is 0.352 e. The van der Waals surface area contributed by atoms with Gasteiger partial charge in [-0.05, 0) is 62.6 Å². The van der Waals surface area contributed by atoms with Gasteiger partial charge in [-0.1, -0.05) is 37.6 Å². The number of carbonyl (C=O) groups excluding carboxylic acids is 1. The SMILES string of the molecule is CCC[C@H](C)NC(=O)CN(c1ccc(C)c(C)c1)S(=O)(=O)c1ccccc1. The number of anilines is 1. The van der Waals surface area contributed by atoms with Gasteiger partial charge in [-0.15, -0.1) is 0 Å². The highest BCUT2D eigenvalue weighted by molar-refractivity contribution is 7.92. The quantitative estimate of drug-likeness (QED) is 0.748. The van der Waals surface area contributed by atoms with Crippen LogP contribution in [0.3, 0.4) is 0 Å². The summed E-state index contributed by atoms with van der Waals surface area (Å²) in [5, 5.41) is 2.89. The van der Waals surface area contributed by atoms with E-state index in [0.717, 1.165) is 24.0 Å². The lowest BCUT2D eigenvalue weighted by Crippen LogP contribution is -2.43. The van der Waals surface area contributed by atoms with Gasteiger partial charge < -0.3 is 5.32 Å². The van der Waals surface area contributed by atoms with Crippen molar-refractivity contribution < 1.29 is 13.2 Å². The molecule has 0 aliphatic heterocycles. The van der Waals surface area contributed by atoms with Crippen LogP contribution in [0.15, 0.2) is 53.4 Å². The second-order valence-corrected chi connectivity index (χ2v) is 8.71. The minimum absolute atomic E-state index is 0.00327. The number of amides is 1. The van der Waals surface area contributed by atoms with Gasteiger partial charge in [0.1, 0.15) is 6.54 Å². The Morgan fingerprint density at radius 2 is 1.74 bits per heavy atom. The van der Waals surface area contributed by atoms with Crippen molar-refractivity contribution in [3.63, 3.8) is 0 Å². The molecule has 0 radical (unpaired) electrons. The molecule has 5 nitrogen and oxygen atoms in total. The molecule has 0 saturated carbocycles. The fourth-order valence-electron chi connectivity index (χ4n) is 2.87. The average molecular weight is 389 g/mol. The number of sulfonamides is 1. The zero-order valence-electron chi connectivity index (χ0n) is 16.4. The molecule has 27 heavy (non-hydrogen) atoms. The minimum Gasteiger partial charge on any atom is -0.352 e. The molecule has 2 aromatic rings. The lowest BCUT2D eigenvalue weighted by atomic mass is 10.1. The Kier molecular flexibility index (Phi) is 7.02. The van der Waals surface area contributed by atoms with E-state index in [2.05, 4.69) is 5.32 Å². The maximum absolute atomic E-state index is 13.2. The summed E-state index contributed by atoms with van der Waals surface area (Å²) in [5.41, 5.74) is 2.53. The molecule has 0 aromatic heterocycles. The third kappa shape index (κ3) is 5.32. The van der Waals surface area contributed by atoms with Crippen molar-refractivity contribution in [1.29, 1.82) is 0 Å². The second kappa shape index (κ2) is 9.04. The van der Waals surface area contributed by atoms with Crippen LogP contribution in [-0.2, 0) is 14.8 Å². The van der Waals surface area contributed by atoms with Crippen LogP contribution in [0.2, 0.25) is 0 Å². The summed E-state index contributed by atoms with van der Waals surface area (Å²) in [4.78, 5) is 12.7.